The summed E-state index contributed by atoms with van der Waals surface area (Å²) in [6.07, 6.45) is 2.61. The Morgan fingerprint density at radius 3 is 2.48 bits per heavy atom. The minimum atomic E-state index is -0.270. The largest absolute Gasteiger partial charge is 0.493 e. The van der Waals surface area contributed by atoms with Gasteiger partial charge >= 0.3 is 0 Å². The summed E-state index contributed by atoms with van der Waals surface area (Å²) in [5.74, 6) is 2.34. The molecule has 2 heterocycles. The molecule has 0 aliphatic carbocycles. The van der Waals surface area contributed by atoms with E-state index in [1.165, 1.54) is 10.5 Å². The summed E-state index contributed by atoms with van der Waals surface area (Å²) in [6, 6.07) is 22.9. The fourth-order valence-electron chi connectivity index (χ4n) is 4.21. The van der Waals surface area contributed by atoms with Crippen molar-refractivity contribution in [2.45, 2.75) is 23.6 Å². The average molecular weight is 433 g/mol. The second-order valence-corrected chi connectivity index (χ2v) is 8.38. The van der Waals surface area contributed by atoms with E-state index in [0.29, 0.717) is 11.5 Å². The van der Waals surface area contributed by atoms with Crippen molar-refractivity contribution in [3.63, 3.8) is 0 Å². The quantitative estimate of drug-likeness (QED) is 0.486. The molecule has 3 aromatic rings. The highest BCUT2D eigenvalue weighted by Gasteiger charge is 2.40. The van der Waals surface area contributed by atoms with Gasteiger partial charge in [0, 0.05) is 28.0 Å². The minimum absolute atomic E-state index is 0.123. The fourth-order valence-corrected chi connectivity index (χ4v) is 4.62. The lowest BCUT2D eigenvalue weighted by Gasteiger charge is -2.38. The van der Waals surface area contributed by atoms with Crippen LogP contribution in [0.5, 0.6) is 17.2 Å². The predicted octanol–water partition coefficient (Wildman–Crippen LogP) is 5.67. The zero-order valence-corrected chi connectivity index (χ0v) is 18.6. The number of nitrogens with zero attached hydrogens (tertiary/aromatic N) is 2. The van der Waals surface area contributed by atoms with Crippen LogP contribution in [0.1, 0.15) is 35.4 Å². The van der Waals surface area contributed by atoms with Gasteiger partial charge in [0.25, 0.3) is 0 Å². The number of ether oxygens (including phenoxy) is 3. The third kappa shape index (κ3) is 3.51. The SMILES string of the molecule is COc1ccc(C2=NN3[C@@H](c4ccc(SC)cc4)Oc4ccccc4[C@@H]3C2)cc1OC. The van der Waals surface area contributed by atoms with Crippen molar-refractivity contribution in [3.05, 3.63) is 83.4 Å². The van der Waals surface area contributed by atoms with Gasteiger partial charge in [-0.25, -0.2) is 5.01 Å². The summed E-state index contributed by atoms with van der Waals surface area (Å²) in [4.78, 5) is 1.23. The second-order valence-electron chi connectivity index (χ2n) is 7.50. The Kier molecular flexibility index (Phi) is 5.24. The molecule has 0 spiro atoms. The van der Waals surface area contributed by atoms with Gasteiger partial charge in [-0.05, 0) is 42.7 Å². The predicted molar refractivity (Wildman–Crippen MR) is 123 cm³/mol. The molecular weight excluding hydrogens is 408 g/mol. The Morgan fingerprint density at radius 1 is 0.968 bits per heavy atom. The first kappa shape index (κ1) is 19.8. The van der Waals surface area contributed by atoms with E-state index >= 15 is 0 Å². The van der Waals surface area contributed by atoms with Crippen LogP contribution in [0.3, 0.4) is 0 Å². The molecule has 0 N–H and O–H groups in total. The fraction of sp³-hybridized carbons (Fsp3) is 0.240. The molecule has 0 amide bonds. The number of methoxy groups -OCH3 is 2. The van der Waals surface area contributed by atoms with Gasteiger partial charge in [-0.1, -0.05) is 30.3 Å². The van der Waals surface area contributed by atoms with E-state index in [2.05, 4.69) is 47.7 Å². The molecule has 0 fully saturated rings. The molecule has 5 rings (SSSR count). The van der Waals surface area contributed by atoms with Gasteiger partial charge in [0.2, 0.25) is 6.23 Å². The van der Waals surface area contributed by atoms with Crippen LogP contribution in [0, 0.1) is 0 Å². The van der Waals surface area contributed by atoms with Crippen LogP contribution >= 0.6 is 11.8 Å². The molecule has 6 heteroatoms. The van der Waals surface area contributed by atoms with E-state index in [0.717, 1.165) is 29.0 Å². The summed E-state index contributed by atoms with van der Waals surface area (Å²) in [5.41, 5.74) is 4.30. The highest BCUT2D eigenvalue weighted by Crippen LogP contribution is 2.47. The molecule has 2 aliphatic heterocycles. The topological polar surface area (TPSA) is 43.3 Å². The van der Waals surface area contributed by atoms with Crippen LogP contribution in [0.25, 0.3) is 0 Å². The zero-order chi connectivity index (χ0) is 21.4. The van der Waals surface area contributed by atoms with Crippen molar-refractivity contribution in [1.29, 1.82) is 0 Å². The van der Waals surface area contributed by atoms with E-state index in [1.54, 1.807) is 26.0 Å². The summed E-state index contributed by atoms with van der Waals surface area (Å²) < 4.78 is 17.3. The molecule has 2 aliphatic rings. The van der Waals surface area contributed by atoms with Crippen molar-refractivity contribution >= 4 is 17.5 Å². The summed E-state index contributed by atoms with van der Waals surface area (Å²) in [5, 5.41) is 7.13. The van der Waals surface area contributed by atoms with Crippen molar-refractivity contribution < 1.29 is 14.2 Å². The van der Waals surface area contributed by atoms with Crippen molar-refractivity contribution in [3.8, 4) is 17.2 Å². The minimum Gasteiger partial charge on any atom is -0.493 e. The van der Waals surface area contributed by atoms with Gasteiger partial charge in [-0.15, -0.1) is 11.8 Å². The van der Waals surface area contributed by atoms with Crippen LogP contribution in [0.2, 0.25) is 0 Å². The van der Waals surface area contributed by atoms with Gasteiger partial charge < -0.3 is 14.2 Å². The highest BCUT2D eigenvalue weighted by atomic mass is 32.2. The monoisotopic (exact) mass is 432 g/mol. The number of benzene rings is 3. The first-order chi connectivity index (χ1) is 15.2. The third-order valence-corrected chi connectivity index (χ3v) is 6.56. The Bertz CT molecular complexity index is 1130. The molecule has 0 bridgehead atoms. The van der Waals surface area contributed by atoms with Crippen LogP contribution in [0.4, 0.5) is 0 Å². The number of hydrazone groups is 1. The van der Waals surface area contributed by atoms with E-state index in [9.17, 15) is 0 Å². The number of hydrogen-bond donors (Lipinski definition) is 0. The maximum absolute atomic E-state index is 6.44. The molecule has 0 unspecified atom stereocenters. The summed E-state index contributed by atoms with van der Waals surface area (Å²) >= 11 is 1.73. The number of para-hydroxylation sites is 1. The molecule has 0 saturated heterocycles. The van der Waals surface area contributed by atoms with Crippen LogP contribution in [-0.2, 0) is 0 Å². The first-order valence-electron chi connectivity index (χ1n) is 10.2. The van der Waals surface area contributed by atoms with Crippen LogP contribution in [0.15, 0.2) is 76.7 Å². The first-order valence-corrected chi connectivity index (χ1v) is 11.4. The molecular formula is C25H24N2O3S. The molecule has 2 atom stereocenters. The Hall–Kier alpha value is -3.12. The van der Waals surface area contributed by atoms with Gasteiger partial charge in [0.1, 0.15) is 5.75 Å². The molecule has 0 saturated carbocycles. The van der Waals surface area contributed by atoms with Crippen LogP contribution in [-0.4, -0.2) is 31.2 Å². The number of thioether (sulfide) groups is 1. The van der Waals surface area contributed by atoms with E-state index in [-0.39, 0.29) is 12.3 Å². The zero-order valence-electron chi connectivity index (χ0n) is 17.7. The van der Waals surface area contributed by atoms with E-state index < -0.39 is 0 Å². The molecule has 0 aromatic heterocycles. The van der Waals surface area contributed by atoms with Crippen LogP contribution < -0.4 is 14.2 Å². The Labute approximate surface area is 186 Å². The summed E-state index contributed by atoms with van der Waals surface area (Å²) in [6.45, 7) is 0. The van der Waals surface area contributed by atoms with Crippen molar-refractivity contribution in [2.75, 3.05) is 20.5 Å². The Balaban J connectivity index is 1.55. The second kappa shape index (κ2) is 8.19. The van der Waals surface area contributed by atoms with Crippen molar-refractivity contribution in [2.24, 2.45) is 5.10 Å². The summed E-state index contributed by atoms with van der Waals surface area (Å²) in [7, 11) is 3.30. The Morgan fingerprint density at radius 2 is 1.74 bits per heavy atom. The molecule has 0 radical (unpaired) electrons. The molecule has 3 aromatic carbocycles. The van der Waals surface area contributed by atoms with Gasteiger partial charge in [0.15, 0.2) is 11.5 Å². The third-order valence-electron chi connectivity index (χ3n) is 5.82. The normalized spacial score (nSPS) is 19.2. The van der Waals surface area contributed by atoms with Crippen molar-refractivity contribution in [1.82, 2.24) is 5.01 Å². The average Bonchev–Trinajstić information content (AvgIpc) is 3.29. The maximum atomic E-state index is 6.44. The maximum Gasteiger partial charge on any atom is 0.213 e. The lowest BCUT2D eigenvalue weighted by molar-refractivity contribution is -0.0190. The molecule has 5 nitrogen and oxygen atoms in total. The van der Waals surface area contributed by atoms with Gasteiger partial charge in [0.05, 0.1) is 26.0 Å². The van der Waals surface area contributed by atoms with E-state index in [1.807, 2.05) is 30.3 Å². The molecule has 158 valence electrons. The van der Waals surface area contributed by atoms with Gasteiger partial charge in [-0.2, -0.15) is 5.10 Å². The number of rotatable bonds is 5. The number of fused-ring (bicyclic) bond motifs is 3. The highest BCUT2D eigenvalue weighted by molar-refractivity contribution is 7.98. The van der Waals surface area contributed by atoms with Gasteiger partial charge in [-0.3, -0.25) is 0 Å². The standard InChI is InChI=1S/C25H24N2O3S/c1-28-23-13-10-17(14-24(23)29-2)20-15-21-19-6-4-5-7-22(19)30-25(27(21)26-20)16-8-11-18(31-3)12-9-16/h4-14,21,25H,15H2,1-3H3/t21-,25+/m0/s1. The lowest BCUT2D eigenvalue weighted by atomic mass is 9.96. The number of hydrogen-bond acceptors (Lipinski definition) is 6. The van der Waals surface area contributed by atoms with E-state index in [4.69, 9.17) is 19.3 Å². The lowest BCUT2D eigenvalue weighted by Crippen LogP contribution is -2.33. The molecule has 31 heavy (non-hydrogen) atoms. The smallest absolute Gasteiger partial charge is 0.213 e.